The first kappa shape index (κ1) is 11.4. The number of anilines is 1. The van der Waals surface area contributed by atoms with Gasteiger partial charge in [0, 0.05) is 18.2 Å². The fraction of sp³-hybridized carbons (Fsp3) is 0.267. The SMILES string of the molecule is Cc1ccc([C@@H]2CC(=O)Nc3cc4c(cc32)OCO4)o1. The van der Waals surface area contributed by atoms with E-state index in [2.05, 4.69) is 5.32 Å². The lowest BCUT2D eigenvalue weighted by Crippen LogP contribution is -2.23. The van der Waals surface area contributed by atoms with Gasteiger partial charge < -0.3 is 19.2 Å². The van der Waals surface area contributed by atoms with Crippen LogP contribution in [0.4, 0.5) is 5.69 Å². The topological polar surface area (TPSA) is 60.7 Å². The van der Waals surface area contributed by atoms with Gasteiger partial charge in [0.2, 0.25) is 12.7 Å². The molecule has 1 aromatic carbocycles. The molecule has 0 saturated carbocycles. The third-order valence-electron chi connectivity index (χ3n) is 3.69. The molecule has 102 valence electrons. The average Bonchev–Trinajstić information content (AvgIpc) is 3.03. The lowest BCUT2D eigenvalue weighted by molar-refractivity contribution is -0.116. The van der Waals surface area contributed by atoms with Gasteiger partial charge in [-0.15, -0.1) is 0 Å². The molecule has 1 aromatic heterocycles. The zero-order valence-corrected chi connectivity index (χ0v) is 10.9. The Morgan fingerprint density at radius 1 is 1.20 bits per heavy atom. The van der Waals surface area contributed by atoms with Gasteiger partial charge in [0.15, 0.2) is 11.5 Å². The van der Waals surface area contributed by atoms with Crippen molar-refractivity contribution in [3.8, 4) is 11.5 Å². The van der Waals surface area contributed by atoms with Crippen LogP contribution in [0.25, 0.3) is 0 Å². The number of ether oxygens (including phenoxy) is 2. The molecule has 5 heteroatoms. The fourth-order valence-corrected chi connectivity index (χ4v) is 2.75. The molecule has 0 fully saturated rings. The number of aryl methyl sites for hydroxylation is 1. The Bertz CT molecular complexity index is 704. The molecule has 3 heterocycles. The van der Waals surface area contributed by atoms with Crippen molar-refractivity contribution in [2.45, 2.75) is 19.3 Å². The second kappa shape index (κ2) is 4.03. The normalized spacial score (nSPS) is 19.6. The Hall–Kier alpha value is -2.43. The van der Waals surface area contributed by atoms with Crippen molar-refractivity contribution in [1.29, 1.82) is 0 Å². The van der Waals surface area contributed by atoms with Gasteiger partial charge in [0.1, 0.15) is 11.5 Å². The van der Waals surface area contributed by atoms with E-state index in [1.54, 1.807) is 0 Å². The molecule has 5 nitrogen and oxygen atoms in total. The summed E-state index contributed by atoms with van der Waals surface area (Å²) in [5.74, 6) is 2.93. The molecule has 0 aliphatic carbocycles. The number of carbonyl (C=O) groups excluding carboxylic acids is 1. The van der Waals surface area contributed by atoms with Crippen LogP contribution in [0.15, 0.2) is 28.7 Å². The average molecular weight is 271 g/mol. The second-order valence-electron chi connectivity index (χ2n) is 5.05. The number of fused-ring (bicyclic) bond motifs is 2. The predicted octanol–water partition coefficient (Wildman–Crippen LogP) is 2.79. The van der Waals surface area contributed by atoms with Crippen LogP contribution >= 0.6 is 0 Å². The van der Waals surface area contributed by atoms with Crippen molar-refractivity contribution in [2.24, 2.45) is 0 Å². The van der Waals surface area contributed by atoms with Gasteiger partial charge in [-0.1, -0.05) is 0 Å². The molecule has 20 heavy (non-hydrogen) atoms. The van der Waals surface area contributed by atoms with Crippen molar-refractivity contribution in [1.82, 2.24) is 0 Å². The Balaban J connectivity index is 1.85. The molecular weight excluding hydrogens is 258 g/mol. The van der Waals surface area contributed by atoms with Crippen LogP contribution < -0.4 is 14.8 Å². The molecule has 0 radical (unpaired) electrons. The maximum absolute atomic E-state index is 11.9. The molecule has 0 bridgehead atoms. The van der Waals surface area contributed by atoms with Gasteiger partial charge in [0.05, 0.1) is 5.92 Å². The number of hydrogen-bond acceptors (Lipinski definition) is 4. The Kier molecular flexibility index (Phi) is 2.30. The Morgan fingerprint density at radius 2 is 2.00 bits per heavy atom. The lowest BCUT2D eigenvalue weighted by Gasteiger charge is -2.24. The summed E-state index contributed by atoms with van der Waals surface area (Å²) in [6.45, 7) is 2.11. The van der Waals surface area contributed by atoms with Gasteiger partial charge in [-0.05, 0) is 30.7 Å². The Morgan fingerprint density at radius 3 is 2.75 bits per heavy atom. The van der Waals surface area contributed by atoms with E-state index in [1.165, 1.54) is 0 Å². The highest BCUT2D eigenvalue weighted by Gasteiger charge is 2.31. The van der Waals surface area contributed by atoms with Crippen LogP contribution in [0.1, 0.15) is 29.4 Å². The van der Waals surface area contributed by atoms with Gasteiger partial charge in [-0.3, -0.25) is 4.79 Å². The van der Waals surface area contributed by atoms with Gasteiger partial charge in [-0.25, -0.2) is 0 Å². The Labute approximate surface area is 115 Å². The van der Waals surface area contributed by atoms with Crippen LogP contribution in [-0.4, -0.2) is 12.7 Å². The van der Waals surface area contributed by atoms with E-state index >= 15 is 0 Å². The molecule has 1 N–H and O–H groups in total. The summed E-state index contributed by atoms with van der Waals surface area (Å²) in [5, 5.41) is 2.88. The van der Waals surface area contributed by atoms with E-state index in [0.717, 1.165) is 22.8 Å². The zero-order chi connectivity index (χ0) is 13.7. The number of carbonyl (C=O) groups is 1. The number of benzene rings is 1. The summed E-state index contributed by atoms with van der Waals surface area (Å²) < 4.78 is 16.5. The molecule has 2 aliphatic rings. The van der Waals surface area contributed by atoms with Crippen LogP contribution in [0.5, 0.6) is 11.5 Å². The third-order valence-corrected chi connectivity index (χ3v) is 3.69. The molecule has 0 saturated heterocycles. The molecular formula is C15H13NO4. The summed E-state index contributed by atoms with van der Waals surface area (Å²) in [6.07, 6.45) is 0.375. The van der Waals surface area contributed by atoms with E-state index in [1.807, 2.05) is 31.2 Å². The van der Waals surface area contributed by atoms with E-state index in [-0.39, 0.29) is 18.6 Å². The van der Waals surface area contributed by atoms with Crippen molar-refractivity contribution < 1.29 is 18.7 Å². The fourth-order valence-electron chi connectivity index (χ4n) is 2.75. The number of rotatable bonds is 1. The largest absolute Gasteiger partial charge is 0.466 e. The third kappa shape index (κ3) is 1.66. The minimum absolute atomic E-state index is 0.0181. The summed E-state index contributed by atoms with van der Waals surface area (Å²) in [5.41, 5.74) is 1.77. The summed E-state index contributed by atoms with van der Waals surface area (Å²) in [4.78, 5) is 11.9. The lowest BCUT2D eigenvalue weighted by atomic mass is 9.88. The van der Waals surface area contributed by atoms with E-state index in [0.29, 0.717) is 17.9 Å². The monoisotopic (exact) mass is 271 g/mol. The van der Waals surface area contributed by atoms with E-state index in [9.17, 15) is 4.79 Å². The number of furan rings is 1. The maximum atomic E-state index is 11.9. The van der Waals surface area contributed by atoms with Crippen LogP contribution in [0, 0.1) is 6.92 Å². The number of nitrogens with one attached hydrogen (secondary N) is 1. The van der Waals surface area contributed by atoms with Crippen LogP contribution in [0.2, 0.25) is 0 Å². The highest BCUT2D eigenvalue weighted by Crippen LogP contribution is 2.44. The van der Waals surface area contributed by atoms with E-state index in [4.69, 9.17) is 13.9 Å². The highest BCUT2D eigenvalue weighted by atomic mass is 16.7. The van der Waals surface area contributed by atoms with Crippen molar-refractivity contribution in [3.63, 3.8) is 0 Å². The van der Waals surface area contributed by atoms with Gasteiger partial charge in [0.25, 0.3) is 0 Å². The highest BCUT2D eigenvalue weighted by molar-refractivity contribution is 5.95. The zero-order valence-electron chi connectivity index (χ0n) is 10.9. The first-order chi connectivity index (χ1) is 9.70. The maximum Gasteiger partial charge on any atom is 0.231 e. The minimum atomic E-state index is -0.0815. The van der Waals surface area contributed by atoms with Gasteiger partial charge in [-0.2, -0.15) is 0 Å². The molecule has 2 aliphatic heterocycles. The first-order valence-corrected chi connectivity index (χ1v) is 6.50. The van der Waals surface area contributed by atoms with E-state index < -0.39 is 0 Å². The molecule has 1 amide bonds. The molecule has 1 atom stereocenters. The molecule has 4 rings (SSSR count). The first-order valence-electron chi connectivity index (χ1n) is 6.50. The van der Waals surface area contributed by atoms with Crippen LogP contribution in [-0.2, 0) is 4.79 Å². The van der Waals surface area contributed by atoms with Crippen LogP contribution in [0.3, 0.4) is 0 Å². The summed E-state index contributed by atoms with van der Waals surface area (Å²) in [6, 6.07) is 7.58. The van der Waals surface area contributed by atoms with Gasteiger partial charge >= 0.3 is 0 Å². The minimum Gasteiger partial charge on any atom is -0.466 e. The smallest absolute Gasteiger partial charge is 0.231 e. The van der Waals surface area contributed by atoms with Crippen molar-refractivity contribution >= 4 is 11.6 Å². The molecule has 0 unspecified atom stereocenters. The molecule has 0 spiro atoms. The van der Waals surface area contributed by atoms with Crippen molar-refractivity contribution in [3.05, 3.63) is 41.3 Å². The number of amides is 1. The number of hydrogen-bond donors (Lipinski definition) is 1. The predicted molar refractivity (Wildman–Crippen MR) is 71.1 cm³/mol. The summed E-state index contributed by atoms with van der Waals surface area (Å²) in [7, 11) is 0. The summed E-state index contributed by atoms with van der Waals surface area (Å²) >= 11 is 0. The van der Waals surface area contributed by atoms with Crippen molar-refractivity contribution in [2.75, 3.05) is 12.1 Å². The second-order valence-corrected chi connectivity index (χ2v) is 5.05. The molecule has 2 aromatic rings. The standard InChI is InChI=1S/C15H13NO4/c1-8-2-3-12(20-8)10-5-15(17)16-11-6-14-13(4-9(10)11)18-7-19-14/h2-4,6,10H,5,7H2,1H3,(H,16,17)/t10-/m1/s1. The quantitative estimate of drug-likeness (QED) is 0.866.